The number of aryl methyl sites for hydroxylation is 1. The van der Waals surface area contributed by atoms with Gasteiger partial charge >= 0.3 is 0 Å². The lowest BCUT2D eigenvalue weighted by atomic mass is 10.1. The standard InChI is InChI=1S/C20H20N2O4/c1-13-7-9-14(10-8-13)16-11-18(26-22-16)20(23)21-12-15-5-4-6-17(24-2)19(15)25-3/h4-11H,12H2,1-3H3,(H,21,23). The average Bonchev–Trinajstić information content (AvgIpc) is 3.16. The van der Waals surface area contributed by atoms with E-state index in [4.69, 9.17) is 14.0 Å². The summed E-state index contributed by atoms with van der Waals surface area (Å²) >= 11 is 0. The fourth-order valence-corrected chi connectivity index (χ4v) is 2.60. The van der Waals surface area contributed by atoms with E-state index < -0.39 is 0 Å². The number of amides is 1. The number of aromatic nitrogens is 1. The average molecular weight is 352 g/mol. The molecule has 1 N–H and O–H groups in total. The smallest absolute Gasteiger partial charge is 0.290 e. The molecule has 0 aliphatic heterocycles. The number of carbonyl (C=O) groups excluding carboxylic acids is 1. The maximum absolute atomic E-state index is 12.4. The number of carbonyl (C=O) groups is 1. The lowest BCUT2D eigenvalue weighted by Gasteiger charge is -2.12. The molecule has 0 saturated heterocycles. The molecule has 0 saturated carbocycles. The Kier molecular flexibility index (Phi) is 5.22. The van der Waals surface area contributed by atoms with Crippen molar-refractivity contribution in [1.82, 2.24) is 10.5 Å². The Bertz CT molecular complexity index is 900. The van der Waals surface area contributed by atoms with E-state index in [0.29, 0.717) is 17.2 Å². The predicted molar refractivity (Wildman–Crippen MR) is 97.4 cm³/mol. The number of nitrogens with one attached hydrogen (secondary N) is 1. The number of para-hydroxylation sites is 1. The second-order valence-corrected chi connectivity index (χ2v) is 5.78. The first kappa shape index (κ1) is 17.5. The highest BCUT2D eigenvalue weighted by Gasteiger charge is 2.15. The number of methoxy groups -OCH3 is 2. The van der Waals surface area contributed by atoms with E-state index in [2.05, 4.69) is 10.5 Å². The highest BCUT2D eigenvalue weighted by molar-refractivity contribution is 5.92. The first-order chi connectivity index (χ1) is 12.6. The van der Waals surface area contributed by atoms with Crippen LogP contribution in [0.4, 0.5) is 0 Å². The lowest BCUT2D eigenvalue weighted by Crippen LogP contribution is -2.22. The molecule has 0 bridgehead atoms. The Labute approximate surface area is 151 Å². The van der Waals surface area contributed by atoms with E-state index >= 15 is 0 Å². The third-order valence-electron chi connectivity index (χ3n) is 4.01. The molecule has 1 amide bonds. The summed E-state index contributed by atoms with van der Waals surface area (Å²) in [6.07, 6.45) is 0. The maximum atomic E-state index is 12.4. The summed E-state index contributed by atoms with van der Waals surface area (Å²) in [7, 11) is 3.13. The molecule has 1 heterocycles. The molecule has 0 radical (unpaired) electrons. The molecule has 0 spiro atoms. The fraction of sp³-hybridized carbons (Fsp3) is 0.200. The van der Waals surface area contributed by atoms with Gasteiger partial charge in [-0.3, -0.25) is 4.79 Å². The highest BCUT2D eigenvalue weighted by Crippen LogP contribution is 2.30. The van der Waals surface area contributed by atoms with Crippen LogP contribution >= 0.6 is 0 Å². The van der Waals surface area contributed by atoms with E-state index in [1.807, 2.05) is 43.3 Å². The summed E-state index contributed by atoms with van der Waals surface area (Å²) in [6, 6.07) is 15.0. The summed E-state index contributed by atoms with van der Waals surface area (Å²) in [4.78, 5) is 12.4. The number of benzene rings is 2. The van der Waals surface area contributed by atoms with Crippen LogP contribution < -0.4 is 14.8 Å². The SMILES string of the molecule is COc1cccc(CNC(=O)c2cc(-c3ccc(C)cc3)no2)c1OC. The molecular weight excluding hydrogens is 332 g/mol. The maximum Gasteiger partial charge on any atom is 0.290 e. The molecule has 0 unspecified atom stereocenters. The Morgan fingerprint density at radius 1 is 1.12 bits per heavy atom. The number of hydrogen-bond donors (Lipinski definition) is 1. The van der Waals surface area contributed by atoms with Crippen molar-refractivity contribution in [3.63, 3.8) is 0 Å². The van der Waals surface area contributed by atoms with Gasteiger partial charge in [0.15, 0.2) is 11.5 Å². The van der Waals surface area contributed by atoms with Crippen LogP contribution in [0, 0.1) is 6.92 Å². The van der Waals surface area contributed by atoms with Gasteiger partial charge < -0.3 is 19.3 Å². The number of hydrogen-bond acceptors (Lipinski definition) is 5. The van der Waals surface area contributed by atoms with Crippen molar-refractivity contribution in [3.05, 3.63) is 65.4 Å². The van der Waals surface area contributed by atoms with Gasteiger partial charge in [0.05, 0.1) is 14.2 Å². The summed E-state index contributed by atoms with van der Waals surface area (Å²) in [5.41, 5.74) is 3.47. The molecular formula is C20H20N2O4. The minimum absolute atomic E-state index is 0.155. The van der Waals surface area contributed by atoms with Crippen LogP contribution in [0.1, 0.15) is 21.7 Å². The van der Waals surface area contributed by atoms with Gasteiger partial charge in [0.25, 0.3) is 5.91 Å². The number of nitrogens with zero attached hydrogens (tertiary/aromatic N) is 1. The molecule has 2 aromatic carbocycles. The summed E-state index contributed by atoms with van der Waals surface area (Å²) < 4.78 is 15.8. The van der Waals surface area contributed by atoms with Crippen LogP contribution in [-0.2, 0) is 6.54 Å². The van der Waals surface area contributed by atoms with Crippen molar-refractivity contribution < 1.29 is 18.8 Å². The summed E-state index contributed by atoms with van der Waals surface area (Å²) in [5.74, 6) is 1.01. The van der Waals surface area contributed by atoms with Gasteiger partial charge in [-0.1, -0.05) is 47.1 Å². The first-order valence-electron chi connectivity index (χ1n) is 8.14. The van der Waals surface area contributed by atoms with Crippen LogP contribution in [-0.4, -0.2) is 25.3 Å². The quantitative estimate of drug-likeness (QED) is 0.734. The molecule has 6 heteroatoms. The van der Waals surface area contributed by atoms with Gasteiger partial charge in [-0.15, -0.1) is 0 Å². The van der Waals surface area contributed by atoms with E-state index in [1.54, 1.807) is 26.4 Å². The van der Waals surface area contributed by atoms with E-state index in [9.17, 15) is 4.79 Å². The number of rotatable bonds is 6. The predicted octanol–water partition coefficient (Wildman–Crippen LogP) is 3.60. The van der Waals surface area contributed by atoms with Gasteiger partial charge in [0, 0.05) is 23.7 Å². The summed E-state index contributed by atoms with van der Waals surface area (Å²) in [6.45, 7) is 2.29. The second kappa shape index (κ2) is 7.74. The summed E-state index contributed by atoms with van der Waals surface area (Å²) in [5, 5.41) is 6.78. The molecule has 0 aliphatic carbocycles. The van der Waals surface area contributed by atoms with Crippen molar-refractivity contribution in [2.75, 3.05) is 14.2 Å². The minimum atomic E-state index is -0.347. The van der Waals surface area contributed by atoms with Crippen LogP contribution in [0.3, 0.4) is 0 Å². The zero-order valence-electron chi connectivity index (χ0n) is 14.9. The van der Waals surface area contributed by atoms with Gasteiger partial charge in [-0.05, 0) is 13.0 Å². The van der Waals surface area contributed by atoms with E-state index in [1.165, 1.54) is 0 Å². The Balaban J connectivity index is 1.71. The highest BCUT2D eigenvalue weighted by atomic mass is 16.5. The zero-order chi connectivity index (χ0) is 18.5. The van der Waals surface area contributed by atoms with Gasteiger partial charge in [0.1, 0.15) is 5.69 Å². The molecule has 26 heavy (non-hydrogen) atoms. The normalized spacial score (nSPS) is 10.4. The minimum Gasteiger partial charge on any atom is -0.493 e. The van der Waals surface area contributed by atoms with Crippen LogP contribution in [0.15, 0.2) is 53.1 Å². The number of ether oxygens (including phenoxy) is 2. The third kappa shape index (κ3) is 3.69. The molecule has 3 rings (SSSR count). The largest absolute Gasteiger partial charge is 0.493 e. The van der Waals surface area contributed by atoms with Gasteiger partial charge in [-0.25, -0.2) is 0 Å². The van der Waals surface area contributed by atoms with Crippen molar-refractivity contribution in [2.24, 2.45) is 0 Å². The molecule has 3 aromatic rings. The van der Waals surface area contributed by atoms with Crippen molar-refractivity contribution in [3.8, 4) is 22.8 Å². The van der Waals surface area contributed by atoms with Gasteiger partial charge in [0.2, 0.25) is 5.76 Å². The Morgan fingerprint density at radius 2 is 1.88 bits per heavy atom. The van der Waals surface area contributed by atoms with E-state index in [0.717, 1.165) is 16.7 Å². The molecule has 1 aromatic heterocycles. The molecule has 6 nitrogen and oxygen atoms in total. The zero-order valence-corrected chi connectivity index (χ0v) is 14.9. The third-order valence-corrected chi connectivity index (χ3v) is 4.01. The second-order valence-electron chi connectivity index (χ2n) is 5.78. The Morgan fingerprint density at radius 3 is 2.58 bits per heavy atom. The van der Waals surface area contributed by atoms with Crippen LogP contribution in [0.5, 0.6) is 11.5 Å². The molecule has 0 fully saturated rings. The monoisotopic (exact) mass is 352 g/mol. The first-order valence-corrected chi connectivity index (χ1v) is 8.14. The molecule has 0 aliphatic rings. The topological polar surface area (TPSA) is 73.6 Å². The van der Waals surface area contributed by atoms with Gasteiger partial charge in [-0.2, -0.15) is 0 Å². The van der Waals surface area contributed by atoms with Crippen LogP contribution in [0.2, 0.25) is 0 Å². The van der Waals surface area contributed by atoms with Crippen molar-refractivity contribution in [1.29, 1.82) is 0 Å². The van der Waals surface area contributed by atoms with E-state index in [-0.39, 0.29) is 18.2 Å². The fourth-order valence-electron chi connectivity index (χ4n) is 2.60. The lowest BCUT2D eigenvalue weighted by molar-refractivity contribution is 0.0913. The molecule has 0 atom stereocenters. The van der Waals surface area contributed by atoms with Crippen LogP contribution in [0.25, 0.3) is 11.3 Å². The molecule has 134 valence electrons. The van der Waals surface area contributed by atoms with Crippen molar-refractivity contribution >= 4 is 5.91 Å². The Hall–Kier alpha value is -3.28. The van der Waals surface area contributed by atoms with Crippen molar-refractivity contribution in [2.45, 2.75) is 13.5 Å².